The average molecular weight is 478 g/mol. The van der Waals surface area contributed by atoms with Crippen molar-refractivity contribution in [2.45, 2.75) is 38.0 Å². The molecular weight excluding hydrogens is 452 g/mol. The second-order valence-electron chi connectivity index (χ2n) is 9.58. The summed E-state index contributed by atoms with van der Waals surface area (Å²) in [4.78, 5) is 27.4. The van der Waals surface area contributed by atoms with Gasteiger partial charge >= 0.3 is 0 Å². The Morgan fingerprint density at radius 2 is 2.00 bits per heavy atom. The number of fused-ring (bicyclic) bond motifs is 2. The molecule has 1 saturated carbocycles. The highest BCUT2D eigenvalue weighted by Gasteiger charge is 2.30. The van der Waals surface area contributed by atoms with E-state index in [2.05, 4.69) is 39.4 Å². The Hall–Kier alpha value is -3.46. The number of alkyl halides is 2. The molecule has 0 spiro atoms. The zero-order valence-electron chi connectivity index (χ0n) is 19.3. The zero-order valence-corrected chi connectivity index (χ0v) is 19.3. The summed E-state index contributed by atoms with van der Waals surface area (Å²) in [5, 5.41) is 3.44. The van der Waals surface area contributed by atoms with Gasteiger partial charge < -0.3 is 14.6 Å². The molecule has 1 aliphatic carbocycles. The Bertz CT molecular complexity index is 1430. The number of oxazole rings is 1. The molecule has 1 amide bonds. The minimum atomic E-state index is -2.76. The van der Waals surface area contributed by atoms with Crippen molar-refractivity contribution < 1.29 is 18.0 Å². The van der Waals surface area contributed by atoms with Gasteiger partial charge in [-0.05, 0) is 69.0 Å². The Morgan fingerprint density at radius 1 is 1.14 bits per heavy atom. The fraction of sp³-hybridized carbons (Fsp3) is 0.385. The first kappa shape index (κ1) is 22.0. The van der Waals surface area contributed by atoms with Gasteiger partial charge in [0.15, 0.2) is 5.58 Å². The molecule has 2 aliphatic rings. The predicted octanol–water partition coefficient (Wildman–Crippen LogP) is 5.53. The molecule has 2 fully saturated rings. The lowest BCUT2D eigenvalue weighted by Gasteiger charge is -2.29. The maximum atomic E-state index is 13.7. The van der Waals surface area contributed by atoms with Crippen LogP contribution in [0.15, 0.2) is 41.1 Å². The van der Waals surface area contributed by atoms with Crippen molar-refractivity contribution in [3.63, 3.8) is 0 Å². The fourth-order valence-corrected chi connectivity index (χ4v) is 4.89. The van der Waals surface area contributed by atoms with Crippen LogP contribution in [0, 0.1) is 5.92 Å². The monoisotopic (exact) mass is 477 g/mol. The molecule has 180 valence electrons. The highest BCUT2D eigenvalue weighted by molar-refractivity contribution is 6.00. The minimum absolute atomic E-state index is 0.00350. The molecule has 4 aromatic rings. The van der Waals surface area contributed by atoms with Crippen molar-refractivity contribution in [1.82, 2.24) is 19.9 Å². The van der Waals surface area contributed by atoms with E-state index in [0.717, 1.165) is 38.8 Å². The number of aromatic nitrogens is 3. The third-order valence-electron chi connectivity index (χ3n) is 6.95. The van der Waals surface area contributed by atoms with Gasteiger partial charge in [-0.2, -0.15) is 0 Å². The number of halogens is 2. The molecule has 1 N–H and O–H groups in total. The number of pyridine rings is 2. The molecule has 1 saturated heterocycles. The number of hydrogen-bond donors (Lipinski definition) is 1. The normalized spacial score (nSPS) is 19.0. The number of anilines is 1. The topological polar surface area (TPSA) is 84.2 Å². The van der Waals surface area contributed by atoms with Crippen LogP contribution in [0.4, 0.5) is 14.6 Å². The van der Waals surface area contributed by atoms with E-state index >= 15 is 0 Å². The van der Waals surface area contributed by atoms with Gasteiger partial charge in [-0.1, -0.05) is 6.07 Å². The minimum Gasteiger partial charge on any atom is -0.436 e. The number of rotatable bonds is 5. The molecular formula is C26H25F2N5O2. The molecule has 0 radical (unpaired) electrons. The van der Waals surface area contributed by atoms with Crippen molar-refractivity contribution in [1.29, 1.82) is 0 Å². The SMILES string of the molecule is CN1CCCC(c2ccc3oc(-c4cnc(C(F)F)c5cnc(NC(=O)C6CC6)cc45)nc3c2)C1. The van der Waals surface area contributed by atoms with Crippen LogP contribution >= 0.6 is 0 Å². The largest absolute Gasteiger partial charge is 0.436 e. The third-order valence-corrected chi connectivity index (χ3v) is 6.95. The van der Waals surface area contributed by atoms with Gasteiger partial charge in [-0.3, -0.25) is 9.78 Å². The standard InChI is InChI=1S/C26H25F2N5O2/c1-33-8-2-3-16(13-33)15-6-7-21-20(9-15)31-26(35-21)19-12-30-23(24(27)28)18-11-29-22(10-17(18)19)32-25(34)14-4-5-14/h6-7,9-12,14,16,24H,2-5,8,13H2,1H3,(H,29,32,34). The lowest BCUT2D eigenvalue weighted by atomic mass is 9.91. The fourth-order valence-electron chi connectivity index (χ4n) is 4.89. The molecule has 9 heteroatoms. The molecule has 1 unspecified atom stereocenters. The summed E-state index contributed by atoms with van der Waals surface area (Å²) >= 11 is 0. The van der Waals surface area contributed by atoms with Crippen LogP contribution in [0.2, 0.25) is 0 Å². The van der Waals surface area contributed by atoms with Gasteiger partial charge in [0.1, 0.15) is 17.0 Å². The quantitative estimate of drug-likeness (QED) is 0.407. The van der Waals surface area contributed by atoms with Gasteiger partial charge in [0.05, 0.1) is 5.56 Å². The molecule has 4 heterocycles. The van der Waals surface area contributed by atoms with Crippen LogP contribution in [-0.4, -0.2) is 45.9 Å². The summed E-state index contributed by atoms with van der Waals surface area (Å²) < 4.78 is 33.4. The van der Waals surface area contributed by atoms with Crippen LogP contribution in [0.1, 0.15) is 49.3 Å². The average Bonchev–Trinajstić information content (AvgIpc) is 3.62. The van der Waals surface area contributed by atoms with E-state index in [4.69, 9.17) is 9.40 Å². The summed E-state index contributed by atoms with van der Waals surface area (Å²) in [6.45, 7) is 2.11. The molecule has 6 rings (SSSR count). The van der Waals surface area contributed by atoms with E-state index in [1.165, 1.54) is 18.0 Å². The van der Waals surface area contributed by atoms with Crippen LogP contribution in [0.25, 0.3) is 33.3 Å². The van der Waals surface area contributed by atoms with Crippen molar-refractivity contribution in [2.75, 3.05) is 25.5 Å². The Kier molecular flexibility index (Phi) is 5.44. The first-order valence-electron chi connectivity index (χ1n) is 11.9. The Morgan fingerprint density at radius 3 is 2.77 bits per heavy atom. The number of likely N-dealkylation sites (N-methyl/N-ethyl adjacent to an activating group) is 1. The second kappa shape index (κ2) is 8.64. The second-order valence-corrected chi connectivity index (χ2v) is 9.58. The van der Waals surface area contributed by atoms with E-state index < -0.39 is 6.43 Å². The van der Waals surface area contributed by atoms with E-state index in [1.807, 2.05) is 6.07 Å². The van der Waals surface area contributed by atoms with Crippen LogP contribution in [0.5, 0.6) is 0 Å². The summed E-state index contributed by atoms with van der Waals surface area (Å²) in [6.07, 6.45) is 3.92. The zero-order chi connectivity index (χ0) is 24.1. The highest BCUT2D eigenvalue weighted by Crippen LogP contribution is 2.36. The van der Waals surface area contributed by atoms with Gasteiger partial charge in [0, 0.05) is 35.6 Å². The predicted molar refractivity (Wildman–Crippen MR) is 128 cm³/mol. The molecule has 1 atom stereocenters. The maximum Gasteiger partial charge on any atom is 0.281 e. The third kappa shape index (κ3) is 4.25. The number of nitrogens with zero attached hydrogens (tertiary/aromatic N) is 4. The van der Waals surface area contributed by atoms with Crippen molar-refractivity contribution in [3.05, 3.63) is 47.9 Å². The summed E-state index contributed by atoms with van der Waals surface area (Å²) in [6, 6.07) is 7.64. The number of nitrogens with one attached hydrogen (secondary N) is 1. The summed E-state index contributed by atoms with van der Waals surface area (Å²) in [7, 11) is 2.14. The van der Waals surface area contributed by atoms with E-state index in [1.54, 1.807) is 6.07 Å². The van der Waals surface area contributed by atoms with E-state index in [9.17, 15) is 13.6 Å². The van der Waals surface area contributed by atoms with Crippen molar-refractivity contribution >= 4 is 33.6 Å². The first-order valence-corrected chi connectivity index (χ1v) is 11.9. The number of carbonyl (C=O) groups is 1. The number of amides is 1. The van der Waals surface area contributed by atoms with Crippen LogP contribution in [-0.2, 0) is 4.79 Å². The first-order chi connectivity index (χ1) is 17.0. The molecule has 35 heavy (non-hydrogen) atoms. The summed E-state index contributed by atoms with van der Waals surface area (Å²) in [5.41, 5.74) is 2.66. The Labute approximate surface area is 200 Å². The van der Waals surface area contributed by atoms with Gasteiger partial charge in [0.25, 0.3) is 6.43 Å². The number of likely N-dealkylation sites (tertiary alicyclic amines) is 1. The maximum absolute atomic E-state index is 13.7. The van der Waals surface area contributed by atoms with Gasteiger partial charge in [0.2, 0.25) is 11.8 Å². The molecule has 1 aliphatic heterocycles. The highest BCUT2D eigenvalue weighted by atomic mass is 19.3. The van der Waals surface area contributed by atoms with E-state index in [0.29, 0.717) is 39.7 Å². The number of piperidine rings is 1. The Balaban J connectivity index is 1.41. The number of benzene rings is 1. The van der Waals surface area contributed by atoms with Crippen LogP contribution < -0.4 is 5.32 Å². The molecule has 3 aromatic heterocycles. The van der Waals surface area contributed by atoms with Crippen LogP contribution in [0.3, 0.4) is 0 Å². The number of hydrogen-bond acceptors (Lipinski definition) is 6. The molecule has 1 aromatic carbocycles. The number of carbonyl (C=O) groups excluding carboxylic acids is 1. The molecule has 0 bridgehead atoms. The molecule has 7 nitrogen and oxygen atoms in total. The summed E-state index contributed by atoms with van der Waals surface area (Å²) in [5.74, 6) is 0.930. The lowest BCUT2D eigenvalue weighted by molar-refractivity contribution is -0.117. The van der Waals surface area contributed by atoms with Crippen molar-refractivity contribution in [3.8, 4) is 11.5 Å². The lowest BCUT2D eigenvalue weighted by Crippen LogP contribution is -2.30. The smallest absolute Gasteiger partial charge is 0.281 e. The van der Waals surface area contributed by atoms with E-state index in [-0.39, 0.29) is 22.9 Å². The van der Waals surface area contributed by atoms with Gasteiger partial charge in [-0.25, -0.2) is 18.7 Å². The van der Waals surface area contributed by atoms with Gasteiger partial charge in [-0.15, -0.1) is 0 Å². The van der Waals surface area contributed by atoms with Crippen molar-refractivity contribution in [2.24, 2.45) is 5.92 Å².